The number of hydrogen-bond acceptors (Lipinski definition) is 4. The molecule has 4 rings (SSSR count). The van der Waals surface area contributed by atoms with Gasteiger partial charge in [-0.1, -0.05) is 37.0 Å². The van der Waals surface area contributed by atoms with E-state index in [1.165, 1.54) is 18.2 Å². The molecule has 0 saturated heterocycles. The molecule has 1 saturated carbocycles. The molecule has 0 atom stereocenters. The predicted molar refractivity (Wildman–Crippen MR) is 173 cm³/mol. The van der Waals surface area contributed by atoms with Crippen LogP contribution >= 0.6 is 12.4 Å². The number of halogens is 10. The Morgan fingerprint density at radius 1 is 0.780 bits per heavy atom. The first-order valence-corrected chi connectivity index (χ1v) is 15.4. The van der Waals surface area contributed by atoms with E-state index in [0.29, 0.717) is 48.1 Å². The number of hydrogen-bond donors (Lipinski definition) is 2. The van der Waals surface area contributed by atoms with Crippen LogP contribution < -0.4 is 14.5 Å². The van der Waals surface area contributed by atoms with E-state index in [4.69, 9.17) is 15.0 Å². The number of aryl methyl sites for hydroxylation is 1. The predicted octanol–water partition coefficient (Wildman–Crippen LogP) is 11.2. The summed E-state index contributed by atoms with van der Waals surface area (Å²) in [5.41, 5.74) is -0.800. The van der Waals surface area contributed by atoms with Crippen molar-refractivity contribution < 1.29 is 59.3 Å². The summed E-state index contributed by atoms with van der Waals surface area (Å²) >= 11 is 0. The summed E-state index contributed by atoms with van der Waals surface area (Å²) in [6, 6.07) is 12.2. The summed E-state index contributed by atoms with van der Waals surface area (Å²) < 4.78 is 126. The number of rotatable bonds is 10. The summed E-state index contributed by atoms with van der Waals surface area (Å²) in [4.78, 5) is 12.2. The van der Waals surface area contributed by atoms with E-state index in [9.17, 15) is 39.5 Å². The zero-order valence-corrected chi connectivity index (χ0v) is 27.9. The van der Waals surface area contributed by atoms with Gasteiger partial charge in [-0.3, -0.25) is 0 Å². The highest BCUT2D eigenvalue weighted by Crippen LogP contribution is 2.38. The van der Waals surface area contributed by atoms with Crippen LogP contribution in [-0.2, 0) is 25.4 Å². The number of nitrogens with zero attached hydrogens (tertiary/aromatic N) is 2. The van der Waals surface area contributed by atoms with Crippen molar-refractivity contribution in [2.75, 3.05) is 22.9 Å². The summed E-state index contributed by atoms with van der Waals surface area (Å²) in [7, 11) is 0. The molecule has 2 N–H and O–H groups in total. The number of carbonyl (C=O) groups is 1. The summed E-state index contributed by atoms with van der Waals surface area (Å²) in [5.74, 6) is -0.0889. The Kier molecular flexibility index (Phi) is 15.0. The quantitative estimate of drug-likeness (QED) is 0.201. The average molecular weight is 745 g/mol. The average Bonchev–Trinajstić information content (AvgIpc) is 2.99. The van der Waals surface area contributed by atoms with Gasteiger partial charge in [0.1, 0.15) is 5.75 Å². The van der Waals surface area contributed by atoms with Crippen molar-refractivity contribution >= 4 is 29.9 Å². The van der Waals surface area contributed by atoms with E-state index in [-0.39, 0.29) is 37.1 Å². The molecular weight excluding hydrogens is 707 g/mol. The van der Waals surface area contributed by atoms with Crippen molar-refractivity contribution in [1.29, 1.82) is 0 Å². The van der Waals surface area contributed by atoms with Gasteiger partial charge in [0.2, 0.25) is 0 Å². The van der Waals surface area contributed by atoms with Crippen LogP contribution in [-0.4, -0.2) is 35.8 Å². The first kappa shape index (κ1) is 42.2. The molecule has 3 aromatic carbocycles. The van der Waals surface area contributed by atoms with Crippen LogP contribution in [0, 0.1) is 12.8 Å². The second kappa shape index (κ2) is 17.8. The maximum absolute atomic E-state index is 13.6. The molecule has 0 unspecified atom stereocenters. The Labute approximate surface area is 289 Å². The van der Waals surface area contributed by atoms with Crippen molar-refractivity contribution in [2.45, 2.75) is 77.8 Å². The first-order chi connectivity index (χ1) is 22.7. The zero-order valence-electron chi connectivity index (χ0n) is 27.1. The van der Waals surface area contributed by atoms with Gasteiger partial charge in [-0.25, -0.2) is 4.79 Å². The van der Waals surface area contributed by atoms with E-state index >= 15 is 0 Å². The fourth-order valence-corrected chi connectivity index (χ4v) is 5.80. The van der Waals surface area contributed by atoms with Gasteiger partial charge < -0.3 is 24.7 Å². The molecule has 50 heavy (non-hydrogen) atoms. The monoisotopic (exact) mass is 744 g/mol. The van der Waals surface area contributed by atoms with Crippen molar-refractivity contribution in [2.24, 2.45) is 5.92 Å². The van der Waals surface area contributed by atoms with Gasteiger partial charge in [-0.05, 0) is 92.3 Å². The van der Waals surface area contributed by atoms with Crippen LogP contribution in [0.2, 0.25) is 0 Å². The lowest BCUT2D eigenvalue weighted by molar-refractivity contribution is -0.274. The molecule has 278 valence electrons. The van der Waals surface area contributed by atoms with Gasteiger partial charge in [0, 0.05) is 37.6 Å². The standard InChI is InChI=1S/C33H35F9N2O.CH2O3.ClH/c1-3-43(19-23-7-5-4-6-8-23)30-14-13-29(45-33(40,41)42)17-25(30)21-44(28-11-9-22(2)10-12-28)20-24-15-26(31(34,35)36)18-27(16-24)32(37,38)39;2-1(3)4;/h9-18,23H,3-8,19-21H2,1-2H3;(H2,2,3,4);1H. The van der Waals surface area contributed by atoms with Gasteiger partial charge in [-0.15, -0.1) is 25.6 Å². The number of benzene rings is 3. The molecule has 16 heteroatoms. The fourth-order valence-electron chi connectivity index (χ4n) is 5.80. The normalized spacial score (nSPS) is 13.8. The number of ether oxygens (including phenoxy) is 1. The molecule has 6 nitrogen and oxygen atoms in total. The summed E-state index contributed by atoms with van der Waals surface area (Å²) in [6.07, 6.45) is -11.5. The van der Waals surface area contributed by atoms with Crippen LogP contribution in [0.3, 0.4) is 0 Å². The van der Waals surface area contributed by atoms with Crippen LogP contribution in [0.25, 0.3) is 0 Å². The van der Waals surface area contributed by atoms with Crippen molar-refractivity contribution in [3.8, 4) is 5.75 Å². The van der Waals surface area contributed by atoms with Crippen LogP contribution in [0.4, 0.5) is 55.7 Å². The minimum Gasteiger partial charge on any atom is -0.450 e. The largest absolute Gasteiger partial charge is 0.573 e. The fraction of sp³-hybridized carbons (Fsp3) is 0.441. The number of carboxylic acid groups (broad SMARTS) is 2. The Hall–Kier alpha value is -4.01. The van der Waals surface area contributed by atoms with E-state index in [1.807, 2.05) is 13.8 Å². The molecule has 0 heterocycles. The molecule has 0 aliphatic heterocycles. The molecule has 1 aliphatic rings. The molecule has 1 aliphatic carbocycles. The molecule has 0 radical (unpaired) electrons. The minimum atomic E-state index is -5.03. The lowest BCUT2D eigenvalue weighted by Gasteiger charge is -2.34. The minimum absolute atomic E-state index is 0. The third kappa shape index (κ3) is 13.4. The molecular formula is C34H38ClF9N2O4. The zero-order chi connectivity index (χ0) is 36.6. The van der Waals surface area contributed by atoms with Crippen molar-refractivity contribution in [3.63, 3.8) is 0 Å². The van der Waals surface area contributed by atoms with Crippen LogP contribution in [0.1, 0.15) is 66.8 Å². The van der Waals surface area contributed by atoms with Crippen LogP contribution in [0.15, 0.2) is 60.7 Å². The van der Waals surface area contributed by atoms with Crippen molar-refractivity contribution in [1.82, 2.24) is 0 Å². The smallest absolute Gasteiger partial charge is 0.450 e. The number of alkyl halides is 9. The van der Waals surface area contributed by atoms with E-state index in [1.54, 1.807) is 29.2 Å². The van der Waals surface area contributed by atoms with E-state index in [0.717, 1.165) is 37.7 Å². The topological polar surface area (TPSA) is 73.2 Å². The SMILES string of the molecule is CCN(CC1CCCCC1)c1ccc(OC(F)(F)F)cc1CN(Cc1cc(C(F)(F)F)cc(C(F)(F)F)c1)c1ccc(C)cc1.Cl.O=C(O)O. The highest BCUT2D eigenvalue weighted by molar-refractivity contribution is 5.85. The van der Waals surface area contributed by atoms with Crippen LogP contribution in [0.5, 0.6) is 5.75 Å². The molecule has 1 fully saturated rings. The Morgan fingerprint density at radius 3 is 1.80 bits per heavy atom. The van der Waals surface area contributed by atoms with Gasteiger partial charge in [0.15, 0.2) is 0 Å². The first-order valence-electron chi connectivity index (χ1n) is 15.4. The number of anilines is 2. The molecule has 0 bridgehead atoms. The van der Waals surface area contributed by atoms with Crippen molar-refractivity contribution in [3.05, 3.63) is 88.5 Å². The molecule has 0 spiro atoms. The molecule has 0 amide bonds. The van der Waals surface area contributed by atoms with Gasteiger partial charge in [0.25, 0.3) is 0 Å². The highest BCUT2D eigenvalue weighted by atomic mass is 35.5. The molecule has 3 aromatic rings. The van der Waals surface area contributed by atoms with Gasteiger partial charge in [-0.2, -0.15) is 26.3 Å². The second-order valence-corrected chi connectivity index (χ2v) is 11.8. The molecule has 0 aromatic heterocycles. The Bertz CT molecular complexity index is 1490. The lowest BCUT2D eigenvalue weighted by Crippen LogP contribution is -2.32. The maximum Gasteiger partial charge on any atom is 0.573 e. The lowest BCUT2D eigenvalue weighted by atomic mass is 9.88. The third-order valence-corrected chi connectivity index (χ3v) is 7.99. The van der Waals surface area contributed by atoms with E-state index < -0.39 is 41.7 Å². The highest BCUT2D eigenvalue weighted by Gasteiger charge is 2.37. The third-order valence-electron chi connectivity index (χ3n) is 7.99. The van der Waals surface area contributed by atoms with E-state index in [2.05, 4.69) is 9.64 Å². The van der Waals surface area contributed by atoms with Gasteiger partial charge >= 0.3 is 24.9 Å². The summed E-state index contributed by atoms with van der Waals surface area (Å²) in [6.45, 7) is 4.44. The summed E-state index contributed by atoms with van der Waals surface area (Å²) in [5, 5.41) is 13.9. The second-order valence-electron chi connectivity index (χ2n) is 11.8. The maximum atomic E-state index is 13.6. The Balaban J connectivity index is 0.00000164. The van der Waals surface area contributed by atoms with Gasteiger partial charge in [0.05, 0.1) is 11.1 Å². The Morgan fingerprint density at radius 2 is 1.32 bits per heavy atom.